The van der Waals surface area contributed by atoms with E-state index in [0.29, 0.717) is 17.8 Å². The van der Waals surface area contributed by atoms with Crippen LogP contribution >= 0.6 is 0 Å². The third kappa shape index (κ3) is 1.75. The minimum absolute atomic E-state index is 0.444. The zero-order valence-corrected chi connectivity index (χ0v) is 8.69. The van der Waals surface area contributed by atoms with Gasteiger partial charge in [-0.15, -0.1) is 0 Å². The summed E-state index contributed by atoms with van der Waals surface area (Å²) in [7, 11) is 0. The van der Waals surface area contributed by atoms with Gasteiger partial charge in [-0.3, -0.25) is 9.59 Å². The second-order valence-electron chi connectivity index (χ2n) is 3.53. The van der Waals surface area contributed by atoms with Gasteiger partial charge in [0.25, 0.3) is 11.7 Å². The molecule has 1 aliphatic rings. The van der Waals surface area contributed by atoms with E-state index in [2.05, 4.69) is 5.32 Å². The summed E-state index contributed by atoms with van der Waals surface area (Å²) in [6.45, 7) is 0.580. The molecular weight excluding hydrogens is 204 g/mol. The van der Waals surface area contributed by atoms with Gasteiger partial charge in [0.1, 0.15) is 0 Å². The van der Waals surface area contributed by atoms with Crippen molar-refractivity contribution in [3.05, 3.63) is 35.4 Å². The first-order valence-corrected chi connectivity index (χ1v) is 5.09. The molecule has 1 aliphatic heterocycles. The Morgan fingerprint density at radius 1 is 1.31 bits per heavy atom. The summed E-state index contributed by atoms with van der Waals surface area (Å²) in [5.41, 5.74) is 7.26. The van der Waals surface area contributed by atoms with E-state index in [-0.39, 0.29) is 0 Å². The highest BCUT2D eigenvalue weighted by atomic mass is 16.2. The molecule has 0 saturated carbocycles. The number of hydrogen-bond donors (Lipinski definition) is 2. The summed E-state index contributed by atoms with van der Waals surface area (Å²) in [5.74, 6) is -1.03. The lowest BCUT2D eigenvalue weighted by molar-refractivity contribution is -0.112. The van der Waals surface area contributed by atoms with Crippen molar-refractivity contribution < 1.29 is 9.59 Å². The molecule has 1 aromatic rings. The number of benzene rings is 1. The quantitative estimate of drug-likeness (QED) is 0.745. The number of amides is 1. The van der Waals surface area contributed by atoms with Crippen LogP contribution in [0.15, 0.2) is 24.3 Å². The van der Waals surface area contributed by atoms with Gasteiger partial charge in [-0.05, 0) is 24.6 Å². The molecule has 0 bridgehead atoms. The molecule has 0 fully saturated rings. The van der Waals surface area contributed by atoms with Crippen molar-refractivity contribution in [1.82, 2.24) is 0 Å². The molecule has 16 heavy (non-hydrogen) atoms. The molecule has 0 saturated heterocycles. The second-order valence-corrected chi connectivity index (χ2v) is 3.53. The van der Waals surface area contributed by atoms with Crippen molar-refractivity contribution in [2.75, 3.05) is 11.9 Å². The van der Waals surface area contributed by atoms with E-state index in [1.807, 2.05) is 18.2 Å². The normalized spacial score (nSPS) is 14.3. The number of hydrogen-bond acceptors (Lipinski definition) is 3. The number of anilines is 1. The second kappa shape index (κ2) is 4.28. The summed E-state index contributed by atoms with van der Waals surface area (Å²) in [6, 6.07) is 5.26. The number of nitrogens with one attached hydrogen (secondary N) is 1. The molecule has 0 spiro atoms. The third-order valence-corrected chi connectivity index (χ3v) is 2.42. The van der Waals surface area contributed by atoms with Gasteiger partial charge >= 0.3 is 0 Å². The van der Waals surface area contributed by atoms with Gasteiger partial charge in [-0.2, -0.15) is 0 Å². The third-order valence-electron chi connectivity index (χ3n) is 2.42. The summed E-state index contributed by atoms with van der Waals surface area (Å²) < 4.78 is 0. The predicted octanol–water partition coefficient (Wildman–Crippen LogP) is 1.18. The standard InChI is InChI=1S/C12H12N2O2/c13-7-2-1-4-8-5-3-6-9-10(8)14-12(16)11(9)15/h1,3-6H,2,7,13H2,(H,14,15,16). The van der Waals surface area contributed by atoms with E-state index in [9.17, 15) is 9.59 Å². The topological polar surface area (TPSA) is 72.2 Å². The van der Waals surface area contributed by atoms with Crippen LogP contribution in [0.25, 0.3) is 6.08 Å². The van der Waals surface area contributed by atoms with Crippen molar-refractivity contribution in [1.29, 1.82) is 0 Å². The maximum atomic E-state index is 11.4. The smallest absolute Gasteiger partial charge is 0.296 e. The summed E-state index contributed by atoms with van der Waals surface area (Å²) in [5, 5.41) is 2.57. The van der Waals surface area contributed by atoms with Gasteiger partial charge in [0.2, 0.25) is 0 Å². The van der Waals surface area contributed by atoms with Gasteiger partial charge in [-0.1, -0.05) is 24.3 Å². The number of carbonyl (C=O) groups is 2. The van der Waals surface area contributed by atoms with Crippen molar-refractivity contribution in [3.8, 4) is 0 Å². The molecule has 1 aromatic carbocycles. The van der Waals surface area contributed by atoms with Crippen LogP contribution in [-0.4, -0.2) is 18.2 Å². The number of ketones is 1. The first kappa shape index (κ1) is 10.6. The minimum Gasteiger partial charge on any atom is -0.330 e. The van der Waals surface area contributed by atoms with E-state index >= 15 is 0 Å². The SMILES string of the molecule is NCCC=Cc1cccc2c1NC(=O)C2=O. The van der Waals surface area contributed by atoms with E-state index in [4.69, 9.17) is 5.73 Å². The molecule has 1 heterocycles. The molecule has 82 valence electrons. The van der Waals surface area contributed by atoms with Crippen molar-refractivity contribution in [3.63, 3.8) is 0 Å². The lowest BCUT2D eigenvalue weighted by Crippen LogP contribution is -2.12. The molecule has 4 nitrogen and oxygen atoms in total. The Bertz CT molecular complexity index is 478. The highest BCUT2D eigenvalue weighted by Crippen LogP contribution is 2.27. The number of para-hydroxylation sites is 1. The highest BCUT2D eigenvalue weighted by Gasteiger charge is 2.28. The molecular formula is C12H12N2O2. The Morgan fingerprint density at radius 2 is 2.12 bits per heavy atom. The number of nitrogens with two attached hydrogens (primary N) is 1. The number of Topliss-reactive ketones (excluding diaryl/α,β-unsaturated/α-hetero) is 1. The Morgan fingerprint density at radius 3 is 2.88 bits per heavy atom. The van der Waals surface area contributed by atoms with E-state index < -0.39 is 11.7 Å². The summed E-state index contributed by atoms with van der Waals surface area (Å²) in [6.07, 6.45) is 4.56. The van der Waals surface area contributed by atoms with Crippen LogP contribution in [0, 0.1) is 0 Å². The van der Waals surface area contributed by atoms with Crippen molar-refractivity contribution >= 4 is 23.5 Å². The van der Waals surface area contributed by atoms with Gasteiger partial charge in [0, 0.05) is 0 Å². The summed E-state index contributed by atoms with van der Waals surface area (Å²) >= 11 is 0. The summed E-state index contributed by atoms with van der Waals surface area (Å²) in [4.78, 5) is 22.6. The average molecular weight is 216 g/mol. The van der Waals surface area contributed by atoms with E-state index in [1.165, 1.54) is 0 Å². The van der Waals surface area contributed by atoms with Crippen LogP contribution in [0.4, 0.5) is 5.69 Å². The number of carbonyl (C=O) groups excluding carboxylic acids is 2. The average Bonchev–Trinajstić information content (AvgIpc) is 2.57. The van der Waals surface area contributed by atoms with E-state index in [1.54, 1.807) is 12.1 Å². The van der Waals surface area contributed by atoms with Gasteiger partial charge < -0.3 is 11.1 Å². The van der Waals surface area contributed by atoms with Gasteiger partial charge in [0.05, 0.1) is 11.3 Å². The monoisotopic (exact) mass is 216 g/mol. The maximum Gasteiger partial charge on any atom is 0.296 e. The fourth-order valence-corrected chi connectivity index (χ4v) is 1.64. The fraction of sp³-hybridized carbons (Fsp3) is 0.167. The lowest BCUT2D eigenvalue weighted by atomic mass is 10.1. The molecule has 0 unspecified atom stereocenters. The Labute approximate surface area is 93.1 Å². The highest BCUT2D eigenvalue weighted by molar-refractivity contribution is 6.52. The van der Waals surface area contributed by atoms with Crippen LogP contribution in [0.5, 0.6) is 0 Å². The molecule has 0 radical (unpaired) electrons. The van der Waals surface area contributed by atoms with Crippen LogP contribution < -0.4 is 11.1 Å². The van der Waals surface area contributed by atoms with E-state index in [0.717, 1.165) is 12.0 Å². The predicted molar refractivity (Wildman–Crippen MR) is 62.1 cm³/mol. The van der Waals surface area contributed by atoms with Crippen LogP contribution in [0.1, 0.15) is 22.3 Å². The molecule has 3 N–H and O–H groups in total. The minimum atomic E-state index is -0.560. The lowest BCUT2D eigenvalue weighted by Gasteiger charge is -2.01. The molecule has 4 heteroatoms. The fourth-order valence-electron chi connectivity index (χ4n) is 1.64. The zero-order valence-electron chi connectivity index (χ0n) is 8.69. The maximum absolute atomic E-state index is 11.4. The van der Waals surface area contributed by atoms with Crippen molar-refractivity contribution in [2.45, 2.75) is 6.42 Å². The van der Waals surface area contributed by atoms with Gasteiger partial charge in [0.15, 0.2) is 0 Å². The molecule has 0 atom stereocenters. The van der Waals surface area contributed by atoms with Gasteiger partial charge in [-0.25, -0.2) is 0 Å². The van der Waals surface area contributed by atoms with Crippen LogP contribution in [-0.2, 0) is 4.79 Å². The Balaban J connectivity index is 2.36. The first-order chi connectivity index (χ1) is 7.74. The largest absolute Gasteiger partial charge is 0.330 e. The van der Waals surface area contributed by atoms with Crippen molar-refractivity contribution in [2.24, 2.45) is 5.73 Å². The molecule has 0 aromatic heterocycles. The Kier molecular flexibility index (Phi) is 2.83. The number of fused-ring (bicyclic) bond motifs is 1. The molecule has 1 amide bonds. The molecule has 0 aliphatic carbocycles. The molecule has 2 rings (SSSR count). The van der Waals surface area contributed by atoms with Crippen LogP contribution in [0.2, 0.25) is 0 Å². The first-order valence-electron chi connectivity index (χ1n) is 5.09. The van der Waals surface area contributed by atoms with Crippen LogP contribution in [0.3, 0.4) is 0 Å². The number of rotatable bonds is 3. The Hall–Kier alpha value is -1.94. The zero-order chi connectivity index (χ0) is 11.5.